The second-order valence-corrected chi connectivity index (χ2v) is 6.63. The minimum atomic E-state index is -0.139. The summed E-state index contributed by atoms with van der Waals surface area (Å²) in [5, 5.41) is 13.0. The molecule has 2 aromatic rings. The Morgan fingerprint density at radius 1 is 1.48 bits per heavy atom. The zero-order valence-electron chi connectivity index (χ0n) is 14.1. The molecular formula is C16H19N7OS. The van der Waals surface area contributed by atoms with Gasteiger partial charge in [-0.15, -0.1) is 0 Å². The zero-order chi connectivity index (χ0) is 17.8. The number of nitrogens with one attached hydrogen (secondary N) is 1. The third-order valence-electron chi connectivity index (χ3n) is 4.16. The van der Waals surface area contributed by atoms with Crippen LogP contribution in [-0.2, 0) is 7.05 Å². The van der Waals surface area contributed by atoms with Gasteiger partial charge in [0.2, 0.25) is 0 Å². The molecule has 1 N–H and O–H groups in total. The predicted molar refractivity (Wildman–Crippen MR) is 94.4 cm³/mol. The molecule has 1 atom stereocenters. The maximum absolute atomic E-state index is 12.4. The molecule has 3 rings (SSSR count). The average Bonchev–Trinajstić information content (AvgIpc) is 3.07. The van der Waals surface area contributed by atoms with E-state index in [4.69, 9.17) is 0 Å². The summed E-state index contributed by atoms with van der Waals surface area (Å²) in [5.41, 5.74) is 0.984. The van der Waals surface area contributed by atoms with Crippen LogP contribution in [0.2, 0.25) is 0 Å². The Morgan fingerprint density at radius 3 is 3.00 bits per heavy atom. The molecule has 0 radical (unpaired) electrons. The number of thioether (sulfide) groups is 1. The number of anilines is 1. The van der Waals surface area contributed by atoms with Crippen molar-refractivity contribution in [2.45, 2.75) is 24.0 Å². The minimum Gasteiger partial charge on any atom is -0.353 e. The molecule has 130 valence electrons. The summed E-state index contributed by atoms with van der Waals surface area (Å²) in [6.07, 6.45) is 8.43. The number of aromatic nitrogens is 4. The van der Waals surface area contributed by atoms with Crippen LogP contribution in [0.5, 0.6) is 0 Å². The summed E-state index contributed by atoms with van der Waals surface area (Å²) >= 11 is 1.44. The first-order valence-electron chi connectivity index (χ1n) is 7.95. The molecule has 0 bridgehead atoms. The summed E-state index contributed by atoms with van der Waals surface area (Å²) in [5.74, 6) is 0.501. The van der Waals surface area contributed by atoms with Gasteiger partial charge in [-0.2, -0.15) is 5.26 Å². The molecule has 2 aromatic heterocycles. The average molecular weight is 357 g/mol. The van der Waals surface area contributed by atoms with E-state index in [1.165, 1.54) is 11.8 Å². The number of amides is 1. The Kier molecular flexibility index (Phi) is 5.19. The Hall–Kier alpha value is -2.60. The first-order valence-corrected chi connectivity index (χ1v) is 9.18. The molecule has 1 aliphatic rings. The minimum absolute atomic E-state index is 0.00427. The normalized spacial score (nSPS) is 17.2. The predicted octanol–water partition coefficient (Wildman–Crippen LogP) is 1.20. The van der Waals surface area contributed by atoms with Crippen LogP contribution in [0.4, 0.5) is 5.82 Å². The van der Waals surface area contributed by atoms with Gasteiger partial charge in [-0.1, -0.05) is 11.8 Å². The monoisotopic (exact) mass is 357 g/mol. The number of carbonyl (C=O) groups excluding carboxylic acids is 1. The zero-order valence-corrected chi connectivity index (χ0v) is 15.0. The van der Waals surface area contributed by atoms with Crippen LogP contribution in [0.1, 0.15) is 28.9 Å². The number of carbonyl (C=O) groups is 1. The highest BCUT2D eigenvalue weighted by molar-refractivity contribution is 7.98. The summed E-state index contributed by atoms with van der Waals surface area (Å²) in [7, 11) is 1.79. The smallest absolute Gasteiger partial charge is 0.269 e. The van der Waals surface area contributed by atoms with E-state index in [9.17, 15) is 10.1 Å². The van der Waals surface area contributed by atoms with Crippen LogP contribution >= 0.6 is 11.8 Å². The van der Waals surface area contributed by atoms with Gasteiger partial charge in [-0.3, -0.25) is 4.79 Å². The fourth-order valence-corrected chi connectivity index (χ4v) is 3.23. The van der Waals surface area contributed by atoms with E-state index >= 15 is 0 Å². The van der Waals surface area contributed by atoms with Crippen molar-refractivity contribution < 1.29 is 4.79 Å². The Morgan fingerprint density at radius 2 is 2.32 bits per heavy atom. The van der Waals surface area contributed by atoms with Gasteiger partial charge < -0.3 is 14.8 Å². The van der Waals surface area contributed by atoms with E-state index < -0.39 is 0 Å². The number of piperidine rings is 1. The summed E-state index contributed by atoms with van der Waals surface area (Å²) in [4.78, 5) is 27.1. The molecule has 1 saturated heterocycles. The highest BCUT2D eigenvalue weighted by Gasteiger charge is 2.25. The molecule has 8 nitrogen and oxygen atoms in total. The van der Waals surface area contributed by atoms with Gasteiger partial charge >= 0.3 is 0 Å². The first kappa shape index (κ1) is 17.2. The van der Waals surface area contributed by atoms with Crippen LogP contribution < -0.4 is 10.2 Å². The number of imidazole rings is 1. The van der Waals surface area contributed by atoms with E-state index in [1.54, 1.807) is 30.3 Å². The van der Waals surface area contributed by atoms with Gasteiger partial charge in [0.1, 0.15) is 17.3 Å². The lowest BCUT2D eigenvalue weighted by molar-refractivity contribution is 0.0925. The summed E-state index contributed by atoms with van der Waals surface area (Å²) in [6, 6.07) is 2.15. The molecule has 1 amide bonds. The molecule has 9 heteroatoms. The number of nitriles is 1. The Balaban J connectivity index is 1.74. The van der Waals surface area contributed by atoms with Crippen LogP contribution in [0, 0.1) is 11.3 Å². The molecule has 25 heavy (non-hydrogen) atoms. The molecule has 1 aliphatic heterocycles. The van der Waals surface area contributed by atoms with Gasteiger partial charge in [0, 0.05) is 26.2 Å². The largest absolute Gasteiger partial charge is 0.353 e. The standard InChI is InChI=1S/C16H19N7OS/c1-22-10-18-8-13(22)15(24)20-12-4-3-5-23(9-12)14-11(6-17)7-19-16(21-14)25-2/h7-8,10,12H,3-5,9H2,1-2H3,(H,20,24). The van der Waals surface area contributed by atoms with Crippen molar-refractivity contribution >= 4 is 23.5 Å². The number of hydrogen-bond donors (Lipinski definition) is 1. The van der Waals surface area contributed by atoms with Crippen molar-refractivity contribution in [3.8, 4) is 6.07 Å². The Labute approximate surface area is 150 Å². The van der Waals surface area contributed by atoms with Crippen LogP contribution in [-0.4, -0.2) is 50.8 Å². The van der Waals surface area contributed by atoms with Crippen molar-refractivity contribution in [2.24, 2.45) is 7.05 Å². The van der Waals surface area contributed by atoms with Crippen LogP contribution in [0.3, 0.4) is 0 Å². The van der Waals surface area contributed by atoms with Gasteiger partial charge in [-0.05, 0) is 19.1 Å². The van der Waals surface area contributed by atoms with Gasteiger partial charge in [-0.25, -0.2) is 15.0 Å². The fourth-order valence-electron chi connectivity index (χ4n) is 2.90. The quantitative estimate of drug-likeness (QED) is 0.648. The molecule has 0 aliphatic carbocycles. The van der Waals surface area contributed by atoms with E-state index in [0.717, 1.165) is 19.4 Å². The highest BCUT2D eigenvalue weighted by atomic mass is 32.2. The van der Waals surface area contributed by atoms with Gasteiger partial charge in [0.05, 0.1) is 18.7 Å². The molecule has 0 saturated carbocycles. The molecule has 3 heterocycles. The van der Waals surface area contributed by atoms with E-state index in [1.807, 2.05) is 6.26 Å². The fraction of sp³-hybridized carbons (Fsp3) is 0.438. The van der Waals surface area contributed by atoms with Crippen molar-refractivity contribution in [3.05, 3.63) is 30.0 Å². The molecular weight excluding hydrogens is 338 g/mol. The lowest BCUT2D eigenvalue weighted by Crippen LogP contribution is -2.48. The van der Waals surface area contributed by atoms with E-state index in [-0.39, 0.29) is 11.9 Å². The highest BCUT2D eigenvalue weighted by Crippen LogP contribution is 2.23. The molecule has 1 unspecified atom stereocenters. The van der Waals surface area contributed by atoms with Crippen molar-refractivity contribution in [1.82, 2.24) is 24.8 Å². The number of aryl methyl sites for hydroxylation is 1. The van der Waals surface area contributed by atoms with Gasteiger partial charge in [0.15, 0.2) is 11.0 Å². The van der Waals surface area contributed by atoms with Gasteiger partial charge in [0.25, 0.3) is 5.91 Å². The second-order valence-electron chi connectivity index (χ2n) is 5.85. The maximum Gasteiger partial charge on any atom is 0.269 e. The van der Waals surface area contributed by atoms with Crippen LogP contribution in [0.15, 0.2) is 23.9 Å². The van der Waals surface area contributed by atoms with E-state index in [0.29, 0.717) is 28.8 Å². The molecule has 0 aromatic carbocycles. The molecule has 1 fully saturated rings. The second kappa shape index (κ2) is 7.53. The lowest BCUT2D eigenvalue weighted by atomic mass is 10.0. The number of rotatable bonds is 4. The third kappa shape index (κ3) is 3.74. The first-order chi connectivity index (χ1) is 12.1. The summed E-state index contributed by atoms with van der Waals surface area (Å²) in [6.45, 7) is 1.42. The maximum atomic E-state index is 12.4. The Bertz CT molecular complexity index is 813. The van der Waals surface area contributed by atoms with Crippen molar-refractivity contribution in [3.63, 3.8) is 0 Å². The number of hydrogen-bond acceptors (Lipinski definition) is 7. The van der Waals surface area contributed by atoms with Crippen molar-refractivity contribution in [2.75, 3.05) is 24.2 Å². The lowest BCUT2D eigenvalue weighted by Gasteiger charge is -2.34. The van der Waals surface area contributed by atoms with Crippen LogP contribution in [0.25, 0.3) is 0 Å². The van der Waals surface area contributed by atoms with E-state index in [2.05, 4.69) is 31.2 Å². The third-order valence-corrected chi connectivity index (χ3v) is 4.72. The van der Waals surface area contributed by atoms with Crippen molar-refractivity contribution in [1.29, 1.82) is 5.26 Å². The SMILES string of the molecule is CSc1ncc(C#N)c(N2CCCC(NC(=O)c3cncn3C)C2)n1. The topological polar surface area (TPSA) is 99.7 Å². The summed E-state index contributed by atoms with van der Waals surface area (Å²) < 4.78 is 1.69. The number of nitrogens with zero attached hydrogens (tertiary/aromatic N) is 6. The molecule has 0 spiro atoms.